The summed E-state index contributed by atoms with van der Waals surface area (Å²) in [6.45, 7) is 1.53. The zero-order valence-corrected chi connectivity index (χ0v) is 31.4. The van der Waals surface area contributed by atoms with E-state index in [1.54, 1.807) is 61.5 Å². The number of esters is 3. The summed E-state index contributed by atoms with van der Waals surface area (Å²) in [6.07, 6.45) is -9.26. The van der Waals surface area contributed by atoms with E-state index in [-0.39, 0.29) is 0 Å². The van der Waals surface area contributed by atoms with Gasteiger partial charge in [0.05, 0.1) is 37.6 Å². The number of hydrogen-bond acceptors (Lipinski definition) is 17. The third-order valence-corrected chi connectivity index (χ3v) is 10.8. The lowest BCUT2D eigenvalue weighted by Gasteiger charge is -2.45. The van der Waals surface area contributed by atoms with Crippen molar-refractivity contribution in [3.05, 3.63) is 96.3 Å². The van der Waals surface area contributed by atoms with Gasteiger partial charge in [0, 0.05) is 25.0 Å². The van der Waals surface area contributed by atoms with Crippen molar-refractivity contribution in [3.8, 4) is 0 Å². The molecule has 312 valence electrons. The Bertz CT molecular complexity index is 1840. The number of aliphatic hydroxyl groups excluding tert-OH is 5. The molecule has 7 rings (SSSR count). The Labute approximate surface area is 332 Å². The van der Waals surface area contributed by atoms with Gasteiger partial charge in [-0.15, -0.1) is 0 Å². The molecule has 17 heteroatoms. The number of carbonyl (C=O) groups is 3. The lowest BCUT2D eigenvalue weighted by molar-refractivity contribution is -0.347. The quantitative estimate of drug-likeness (QED) is 0.0795. The van der Waals surface area contributed by atoms with E-state index in [0.717, 1.165) is 0 Å². The Morgan fingerprint density at radius 2 is 1.34 bits per heavy atom. The molecule has 0 aromatic heterocycles. The van der Waals surface area contributed by atoms with Crippen LogP contribution in [0.2, 0.25) is 0 Å². The van der Waals surface area contributed by atoms with E-state index in [4.69, 9.17) is 42.6 Å². The molecule has 1 aliphatic carbocycles. The van der Waals surface area contributed by atoms with Crippen LogP contribution < -0.4 is 0 Å². The Morgan fingerprint density at radius 3 is 1.93 bits per heavy atom. The smallest absolute Gasteiger partial charge is 0.331 e. The van der Waals surface area contributed by atoms with Gasteiger partial charge in [0.2, 0.25) is 6.29 Å². The molecule has 4 heterocycles. The molecule has 2 aromatic rings. The third-order valence-electron chi connectivity index (χ3n) is 10.8. The molecule has 16 atom stereocenters. The zero-order valence-electron chi connectivity index (χ0n) is 31.4. The minimum absolute atomic E-state index is 0.530. The van der Waals surface area contributed by atoms with Crippen LogP contribution in [-0.4, -0.2) is 142 Å². The van der Waals surface area contributed by atoms with Crippen molar-refractivity contribution in [2.24, 2.45) is 11.8 Å². The second-order valence-corrected chi connectivity index (χ2v) is 14.6. The van der Waals surface area contributed by atoms with Crippen molar-refractivity contribution in [3.63, 3.8) is 0 Å². The monoisotopic (exact) mass is 810 g/mol. The number of carbonyl (C=O) groups excluding carboxylic acids is 3. The van der Waals surface area contributed by atoms with Crippen molar-refractivity contribution >= 4 is 30.1 Å². The summed E-state index contributed by atoms with van der Waals surface area (Å²) in [6, 6.07) is 17.9. The Kier molecular flexibility index (Phi) is 12.7. The molecule has 0 amide bonds. The fourth-order valence-corrected chi connectivity index (χ4v) is 7.96. The molecule has 0 bridgehead atoms. The SMILES string of the molecule is CC(=O)O[C@@H]1[C@@H](OC(=O)/C=C/c2ccccc2)[C@@H](OC(=O)/C=C/c2ccccc2)[C@H](O[C@H]2[C@@H]3C=CO[C@@H](O[C@@H]4O[C@H](CO)[C@@H](O)[C@H](O)[C@H]4O)[C@@H]3[C@@]3(CO)O[C@@H]23)O[C@H]1C. The van der Waals surface area contributed by atoms with Crippen molar-refractivity contribution < 1.29 is 82.5 Å². The van der Waals surface area contributed by atoms with Gasteiger partial charge in [-0.1, -0.05) is 60.7 Å². The molecule has 2 aromatic carbocycles. The minimum atomic E-state index is -1.74. The largest absolute Gasteiger partial charge is 0.472 e. The van der Waals surface area contributed by atoms with Crippen LogP contribution in [0.1, 0.15) is 25.0 Å². The summed E-state index contributed by atoms with van der Waals surface area (Å²) in [5, 5.41) is 51.7. The van der Waals surface area contributed by atoms with Gasteiger partial charge in [0.1, 0.15) is 36.1 Å². The fraction of sp³-hybridized carbons (Fsp3) is 0.488. The van der Waals surface area contributed by atoms with Gasteiger partial charge in [-0.25, -0.2) is 9.59 Å². The maximum atomic E-state index is 13.5. The first kappa shape index (κ1) is 41.6. The topological polar surface area (TPSA) is 239 Å². The standard InChI is InChI=1S/C41H46O17/c1-21-33(52-22(2)44)35(54-27(45)15-13-23-9-5-3-6-10-23)36(55-28(46)16-14-24-11-7-4-8-12-24)40(51-21)56-34-25-17-18-50-38(29(25)41(20-43)37(34)58-41)57-39-32(49)31(48)30(47)26(19-42)53-39/h3-18,21,25-26,29-40,42-43,47-49H,19-20H2,1-2H3/b15-13+,16-14+/t21-,25+,26+,29+,30+,31-,32+,33-,34-,35+,36+,37-,38-,39-,40-,41+/m0/s1. The van der Waals surface area contributed by atoms with E-state index in [1.165, 1.54) is 37.5 Å². The van der Waals surface area contributed by atoms with Gasteiger partial charge in [-0.2, -0.15) is 0 Å². The Balaban J connectivity index is 1.17. The van der Waals surface area contributed by atoms with Crippen LogP contribution in [0.3, 0.4) is 0 Å². The maximum absolute atomic E-state index is 13.5. The summed E-state index contributed by atoms with van der Waals surface area (Å²) in [7, 11) is 0. The molecule has 3 saturated heterocycles. The fourth-order valence-electron chi connectivity index (χ4n) is 7.96. The molecular weight excluding hydrogens is 764 g/mol. The van der Waals surface area contributed by atoms with Crippen LogP contribution in [0.5, 0.6) is 0 Å². The first-order valence-corrected chi connectivity index (χ1v) is 18.9. The first-order chi connectivity index (χ1) is 27.9. The van der Waals surface area contributed by atoms with E-state index in [0.29, 0.717) is 11.1 Å². The molecule has 58 heavy (non-hydrogen) atoms. The summed E-state index contributed by atoms with van der Waals surface area (Å²) >= 11 is 0. The molecular formula is C41H46O17. The molecule has 17 nitrogen and oxygen atoms in total. The normalized spacial score (nSPS) is 39.1. The van der Waals surface area contributed by atoms with Gasteiger partial charge in [0.15, 0.2) is 30.9 Å². The van der Waals surface area contributed by atoms with Gasteiger partial charge in [0.25, 0.3) is 0 Å². The number of epoxide rings is 1. The number of fused-ring (bicyclic) bond motifs is 3. The highest BCUT2D eigenvalue weighted by Crippen LogP contribution is 2.61. The van der Waals surface area contributed by atoms with Crippen LogP contribution >= 0.6 is 0 Å². The number of aliphatic hydroxyl groups is 5. The second-order valence-electron chi connectivity index (χ2n) is 14.6. The average Bonchev–Trinajstić information content (AvgIpc) is 3.90. The average molecular weight is 811 g/mol. The van der Waals surface area contributed by atoms with E-state index in [2.05, 4.69) is 0 Å². The third kappa shape index (κ3) is 8.60. The molecule has 0 radical (unpaired) electrons. The molecule has 4 aliphatic heterocycles. The summed E-state index contributed by atoms with van der Waals surface area (Å²) in [5.74, 6) is -3.90. The molecule has 5 aliphatic rings. The van der Waals surface area contributed by atoms with Crippen LogP contribution in [0.25, 0.3) is 12.2 Å². The summed E-state index contributed by atoms with van der Waals surface area (Å²) in [4.78, 5) is 39.3. The predicted molar refractivity (Wildman–Crippen MR) is 196 cm³/mol. The molecule has 5 N–H and O–H groups in total. The molecule has 0 unspecified atom stereocenters. The highest BCUT2D eigenvalue weighted by Gasteiger charge is 2.77. The summed E-state index contributed by atoms with van der Waals surface area (Å²) < 4.78 is 53.7. The van der Waals surface area contributed by atoms with Gasteiger partial charge < -0.3 is 68.2 Å². The maximum Gasteiger partial charge on any atom is 0.331 e. The first-order valence-electron chi connectivity index (χ1n) is 18.9. The van der Waals surface area contributed by atoms with Crippen LogP contribution in [0.15, 0.2) is 85.2 Å². The van der Waals surface area contributed by atoms with Crippen LogP contribution in [0.4, 0.5) is 0 Å². The zero-order chi connectivity index (χ0) is 41.1. The Hall–Kier alpha value is -4.53. The lowest BCUT2D eigenvalue weighted by Crippen LogP contribution is -2.62. The van der Waals surface area contributed by atoms with Crippen molar-refractivity contribution in [1.82, 2.24) is 0 Å². The van der Waals surface area contributed by atoms with E-state index in [1.807, 2.05) is 12.1 Å². The second kappa shape index (κ2) is 17.8. The molecule has 4 fully saturated rings. The number of rotatable bonds is 13. The van der Waals surface area contributed by atoms with Crippen molar-refractivity contribution in [1.29, 1.82) is 0 Å². The number of ether oxygens (including phenoxy) is 9. The van der Waals surface area contributed by atoms with E-state index < -0.39 is 128 Å². The van der Waals surface area contributed by atoms with E-state index in [9.17, 15) is 39.9 Å². The number of hydrogen-bond donors (Lipinski definition) is 5. The lowest BCUT2D eigenvalue weighted by atomic mass is 9.85. The number of benzene rings is 2. The van der Waals surface area contributed by atoms with Gasteiger partial charge >= 0.3 is 17.9 Å². The Morgan fingerprint density at radius 1 is 0.724 bits per heavy atom. The minimum Gasteiger partial charge on any atom is -0.472 e. The summed E-state index contributed by atoms with van der Waals surface area (Å²) in [5.41, 5.74) is 0.0955. The van der Waals surface area contributed by atoms with Gasteiger partial charge in [-0.05, 0) is 36.3 Å². The van der Waals surface area contributed by atoms with Crippen LogP contribution in [-0.2, 0) is 57.0 Å². The van der Waals surface area contributed by atoms with Crippen LogP contribution in [0, 0.1) is 11.8 Å². The molecule has 1 saturated carbocycles. The molecule has 0 spiro atoms. The van der Waals surface area contributed by atoms with Crippen molar-refractivity contribution in [2.75, 3.05) is 13.2 Å². The van der Waals surface area contributed by atoms with E-state index >= 15 is 0 Å². The van der Waals surface area contributed by atoms with Gasteiger partial charge in [-0.3, -0.25) is 4.79 Å². The predicted octanol–water partition coefficient (Wildman–Crippen LogP) is 0.361. The highest BCUT2D eigenvalue weighted by molar-refractivity contribution is 5.88. The van der Waals surface area contributed by atoms with Crippen molar-refractivity contribution in [2.45, 2.75) is 99.4 Å². The highest BCUT2D eigenvalue weighted by atomic mass is 16.8.